The van der Waals surface area contributed by atoms with Gasteiger partial charge in [-0.3, -0.25) is 4.79 Å². The van der Waals surface area contributed by atoms with Gasteiger partial charge in [0.1, 0.15) is 5.69 Å². The fourth-order valence-electron chi connectivity index (χ4n) is 1.30. The molecule has 2 N–H and O–H groups in total. The van der Waals surface area contributed by atoms with E-state index in [2.05, 4.69) is 15.3 Å². The molecule has 0 aliphatic rings. The topological polar surface area (TPSA) is 57.8 Å². The van der Waals surface area contributed by atoms with Gasteiger partial charge in [0.2, 0.25) is 0 Å². The van der Waals surface area contributed by atoms with Crippen molar-refractivity contribution in [3.05, 3.63) is 47.0 Å². The maximum absolute atomic E-state index is 11.7. The van der Waals surface area contributed by atoms with E-state index in [9.17, 15) is 4.79 Å². The molecule has 0 radical (unpaired) electrons. The first-order valence-electron chi connectivity index (χ1n) is 4.72. The number of benzene rings is 1. The fourth-order valence-corrected chi connectivity index (χ4v) is 1.47. The summed E-state index contributed by atoms with van der Waals surface area (Å²) in [6, 6.07) is 5.35. The summed E-state index contributed by atoms with van der Waals surface area (Å²) in [6.07, 6.45) is 2.93. The number of imidazole rings is 1. The van der Waals surface area contributed by atoms with Crippen LogP contribution >= 0.6 is 11.6 Å². The van der Waals surface area contributed by atoms with Gasteiger partial charge in [-0.2, -0.15) is 0 Å². The summed E-state index contributed by atoms with van der Waals surface area (Å²) in [5.74, 6) is -0.233. The largest absolute Gasteiger partial charge is 0.341 e. The Morgan fingerprint density at radius 1 is 1.50 bits per heavy atom. The standard InChI is InChI=1S/C11H10ClN3O/c1-7-2-3-8(12)4-9(7)15-11(16)10-5-13-6-14-10/h2-6H,1H3,(H,13,14)(H,15,16). The van der Waals surface area contributed by atoms with Crippen LogP contribution < -0.4 is 5.32 Å². The Morgan fingerprint density at radius 2 is 2.31 bits per heavy atom. The molecule has 0 unspecified atom stereocenters. The Hall–Kier alpha value is -1.81. The zero-order valence-corrected chi connectivity index (χ0v) is 9.38. The van der Waals surface area contributed by atoms with Crippen molar-refractivity contribution in [2.45, 2.75) is 6.92 Å². The highest BCUT2D eigenvalue weighted by molar-refractivity contribution is 6.31. The normalized spacial score (nSPS) is 10.1. The van der Waals surface area contributed by atoms with E-state index in [1.54, 1.807) is 12.1 Å². The predicted molar refractivity (Wildman–Crippen MR) is 62.7 cm³/mol. The molecule has 0 spiro atoms. The predicted octanol–water partition coefficient (Wildman–Crippen LogP) is 2.62. The number of carbonyl (C=O) groups excluding carboxylic acids is 1. The number of rotatable bonds is 2. The minimum absolute atomic E-state index is 0.233. The number of hydrogen-bond acceptors (Lipinski definition) is 2. The minimum Gasteiger partial charge on any atom is -0.341 e. The Bertz CT molecular complexity index is 508. The highest BCUT2D eigenvalue weighted by Crippen LogP contribution is 2.20. The Labute approximate surface area is 97.7 Å². The number of amides is 1. The van der Waals surface area contributed by atoms with Gasteiger partial charge >= 0.3 is 0 Å². The van der Waals surface area contributed by atoms with Crippen molar-refractivity contribution < 1.29 is 4.79 Å². The Balaban J connectivity index is 2.21. The number of carbonyl (C=O) groups is 1. The Morgan fingerprint density at radius 3 is 3.00 bits per heavy atom. The van der Waals surface area contributed by atoms with Crippen molar-refractivity contribution in [3.8, 4) is 0 Å². The minimum atomic E-state index is -0.233. The van der Waals surface area contributed by atoms with Gasteiger partial charge in [-0.15, -0.1) is 0 Å². The molecule has 5 heteroatoms. The fraction of sp³-hybridized carbons (Fsp3) is 0.0909. The SMILES string of the molecule is Cc1ccc(Cl)cc1NC(=O)c1cnc[nH]1. The van der Waals surface area contributed by atoms with Crippen LogP contribution in [0.5, 0.6) is 0 Å². The third-order valence-corrected chi connectivity index (χ3v) is 2.43. The summed E-state index contributed by atoms with van der Waals surface area (Å²) in [7, 11) is 0. The zero-order chi connectivity index (χ0) is 11.5. The van der Waals surface area contributed by atoms with E-state index in [1.807, 2.05) is 13.0 Å². The molecule has 1 heterocycles. The van der Waals surface area contributed by atoms with Gasteiger partial charge in [0, 0.05) is 10.7 Å². The molecule has 0 saturated heterocycles. The van der Waals surface area contributed by atoms with E-state index in [4.69, 9.17) is 11.6 Å². The van der Waals surface area contributed by atoms with Crippen LogP contribution in [0.1, 0.15) is 16.1 Å². The average molecular weight is 236 g/mol. The molecule has 82 valence electrons. The maximum atomic E-state index is 11.7. The van der Waals surface area contributed by atoms with E-state index in [-0.39, 0.29) is 5.91 Å². The van der Waals surface area contributed by atoms with Gasteiger partial charge in [-0.05, 0) is 24.6 Å². The van der Waals surface area contributed by atoms with Crippen LogP contribution in [-0.2, 0) is 0 Å². The van der Waals surface area contributed by atoms with E-state index < -0.39 is 0 Å². The van der Waals surface area contributed by atoms with Gasteiger partial charge in [0.05, 0.1) is 12.5 Å². The number of nitrogens with zero attached hydrogens (tertiary/aromatic N) is 1. The average Bonchev–Trinajstić information content (AvgIpc) is 2.76. The van der Waals surface area contributed by atoms with Gasteiger partial charge in [0.15, 0.2) is 0 Å². The number of anilines is 1. The molecule has 0 aliphatic carbocycles. The molecule has 16 heavy (non-hydrogen) atoms. The first-order valence-corrected chi connectivity index (χ1v) is 5.10. The molecular weight excluding hydrogens is 226 g/mol. The van der Waals surface area contributed by atoms with Crippen molar-refractivity contribution >= 4 is 23.2 Å². The third-order valence-electron chi connectivity index (χ3n) is 2.19. The lowest BCUT2D eigenvalue weighted by molar-refractivity contribution is 0.102. The quantitative estimate of drug-likeness (QED) is 0.841. The summed E-state index contributed by atoms with van der Waals surface area (Å²) in [5, 5.41) is 3.35. The molecule has 0 aliphatic heterocycles. The molecule has 2 aromatic rings. The highest BCUT2D eigenvalue weighted by Gasteiger charge is 2.08. The third kappa shape index (κ3) is 2.23. The van der Waals surface area contributed by atoms with E-state index >= 15 is 0 Å². The van der Waals surface area contributed by atoms with Crippen molar-refractivity contribution in [2.24, 2.45) is 0 Å². The van der Waals surface area contributed by atoms with E-state index in [1.165, 1.54) is 12.5 Å². The van der Waals surface area contributed by atoms with Crippen LogP contribution in [0, 0.1) is 6.92 Å². The Kier molecular flexibility index (Phi) is 2.92. The summed E-state index contributed by atoms with van der Waals surface area (Å²) >= 11 is 5.85. The molecular formula is C11H10ClN3O. The lowest BCUT2D eigenvalue weighted by Gasteiger charge is -2.07. The summed E-state index contributed by atoms with van der Waals surface area (Å²) in [5.41, 5.74) is 2.07. The molecule has 1 aromatic heterocycles. The molecule has 1 aromatic carbocycles. The van der Waals surface area contributed by atoms with Crippen LogP contribution in [0.15, 0.2) is 30.7 Å². The highest BCUT2D eigenvalue weighted by atomic mass is 35.5. The van der Waals surface area contributed by atoms with Crippen LogP contribution in [-0.4, -0.2) is 15.9 Å². The van der Waals surface area contributed by atoms with Gasteiger partial charge in [0.25, 0.3) is 5.91 Å². The lowest BCUT2D eigenvalue weighted by Crippen LogP contribution is -2.13. The van der Waals surface area contributed by atoms with Crippen LogP contribution in [0.3, 0.4) is 0 Å². The zero-order valence-electron chi connectivity index (χ0n) is 8.62. The number of H-pyrrole nitrogens is 1. The molecule has 0 bridgehead atoms. The van der Waals surface area contributed by atoms with Crippen molar-refractivity contribution in [3.63, 3.8) is 0 Å². The number of hydrogen-bond donors (Lipinski definition) is 2. The molecule has 0 atom stereocenters. The second kappa shape index (κ2) is 4.37. The molecule has 0 fully saturated rings. The lowest BCUT2D eigenvalue weighted by atomic mass is 10.2. The monoisotopic (exact) mass is 235 g/mol. The molecule has 2 rings (SSSR count). The number of nitrogens with one attached hydrogen (secondary N) is 2. The van der Waals surface area contributed by atoms with Gasteiger partial charge < -0.3 is 10.3 Å². The first-order chi connectivity index (χ1) is 7.66. The van der Waals surface area contributed by atoms with Gasteiger partial charge in [-0.25, -0.2) is 4.98 Å². The maximum Gasteiger partial charge on any atom is 0.273 e. The van der Waals surface area contributed by atoms with Crippen LogP contribution in [0.25, 0.3) is 0 Å². The van der Waals surface area contributed by atoms with Crippen LogP contribution in [0.2, 0.25) is 5.02 Å². The second-order valence-electron chi connectivity index (χ2n) is 3.38. The summed E-state index contributed by atoms with van der Waals surface area (Å²) < 4.78 is 0. The van der Waals surface area contributed by atoms with Crippen LogP contribution in [0.4, 0.5) is 5.69 Å². The smallest absolute Gasteiger partial charge is 0.273 e. The van der Waals surface area contributed by atoms with Crippen molar-refractivity contribution in [1.29, 1.82) is 0 Å². The van der Waals surface area contributed by atoms with E-state index in [0.29, 0.717) is 16.4 Å². The molecule has 4 nitrogen and oxygen atoms in total. The van der Waals surface area contributed by atoms with Gasteiger partial charge in [-0.1, -0.05) is 17.7 Å². The number of aromatic amines is 1. The molecule has 0 saturated carbocycles. The van der Waals surface area contributed by atoms with Crippen molar-refractivity contribution in [2.75, 3.05) is 5.32 Å². The number of aromatic nitrogens is 2. The van der Waals surface area contributed by atoms with E-state index in [0.717, 1.165) is 5.56 Å². The number of aryl methyl sites for hydroxylation is 1. The first kappa shape index (κ1) is 10.7. The second-order valence-corrected chi connectivity index (χ2v) is 3.82. The van der Waals surface area contributed by atoms with Crippen molar-refractivity contribution in [1.82, 2.24) is 9.97 Å². The number of halogens is 1. The summed E-state index contributed by atoms with van der Waals surface area (Å²) in [6.45, 7) is 1.90. The molecule has 1 amide bonds. The summed E-state index contributed by atoms with van der Waals surface area (Å²) in [4.78, 5) is 18.2.